The molecule has 25 heavy (non-hydrogen) atoms. The molecule has 1 amide bonds. The molecule has 0 saturated heterocycles. The molecule has 1 aliphatic rings. The predicted octanol–water partition coefficient (Wildman–Crippen LogP) is 5.28. The molecule has 1 aliphatic heterocycles. The summed E-state index contributed by atoms with van der Waals surface area (Å²) < 4.78 is 2.72. The number of nitrogens with zero attached hydrogens (tertiary/aromatic N) is 3. The fourth-order valence-corrected chi connectivity index (χ4v) is 3.34. The Morgan fingerprint density at radius 1 is 1.36 bits per heavy atom. The van der Waals surface area contributed by atoms with Crippen LogP contribution in [0.3, 0.4) is 0 Å². The Hall–Kier alpha value is -1.19. The molecule has 0 spiro atoms. The number of nitriles is 1. The van der Waals surface area contributed by atoms with Crippen LogP contribution >= 0.6 is 34.8 Å². The molecular formula is C17H20Cl3N3O2. The molecule has 0 N–H and O–H groups in total. The van der Waals surface area contributed by atoms with E-state index in [0.717, 1.165) is 24.0 Å². The number of fused-ring (bicyclic) bond motifs is 1. The number of hydrogen-bond acceptors (Lipinski definition) is 4. The van der Waals surface area contributed by atoms with E-state index in [4.69, 9.17) is 39.5 Å². The molecule has 1 aromatic carbocycles. The molecule has 2 rings (SSSR count). The molecule has 0 bridgehead atoms. The number of carbonyl (C=O) groups is 1. The molecular weight excluding hydrogens is 385 g/mol. The van der Waals surface area contributed by atoms with Crippen molar-refractivity contribution in [3.05, 3.63) is 35.4 Å². The minimum Gasteiger partial charge on any atom is -0.397 e. The van der Waals surface area contributed by atoms with Crippen LogP contribution in [0.2, 0.25) is 0 Å². The van der Waals surface area contributed by atoms with Gasteiger partial charge in [0.15, 0.2) is 6.04 Å². The van der Waals surface area contributed by atoms with E-state index in [-0.39, 0.29) is 0 Å². The number of benzene rings is 1. The van der Waals surface area contributed by atoms with Gasteiger partial charge in [-0.25, -0.2) is 14.8 Å². The second kappa shape index (κ2) is 7.59. The Labute approximate surface area is 163 Å². The Balaban J connectivity index is 2.56. The van der Waals surface area contributed by atoms with Gasteiger partial charge in [0.1, 0.15) is 0 Å². The molecule has 1 atom stereocenters. The van der Waals surface area contributed by atoms with Crippen molar-refractivity contribution < 1.29 is 9.53 Å². The van der Waals surface area contributed by atoms with E-state index in [9.17, 15) is 10.1 Å². The maximum Gasteiger partial charge on any atom is 0.429 e. The number of carbonyl (C=O) groups excluding carboxylic acids is 1. The van der Waals surface area contributed by atoms with Gasteiger partial charge in [-0.05, 0) is 66.2 Å². The number of unbranched alkanes of at least 4 members (excludes halogenated alkanes) is 1. The van der Waals surface area contributed by atoms with Crippen molar-refractivity contribution >= 4 is 40.9 Å². The zero-order chi connectivity index (χ0) is 18.8. The van der Waals surface area contributed by atoms with Crippen LogP contribution in [0.4, 0.5) is 4.79 Å². The van der Waals surface area contributed by atoms with Gasteiger partial charge in [-0.3, -0.25) is 0 Å². The summed E-state index contributed by atoms with van der Waals surface area (Å²) >= 11 is 16.9. The van der Waals surface area contributed by atoms with Crippen LogP contribution in [0.25, 0.3) is 0 Å². The zero-order valence-electron chi connectivity index (χ0n) is 14.3. The van der Waals surface area contributed by atoms with Crippen molar-refractivity contribution in [1.82, 2.24) is 10.0 Å². The Morgan fingerprint density at radius 3 is 2.56 bits per heavy atom. The number of halogens is 3. The van der Waals surface area contributed by atoms with Gasteiger partial charge in [0, 0.05) is 6.54 Å². The van der Waals surface area contributed by atoms with Crippen LogP contribution < -0.4 is 0 Å². The molecule has 0 aromatic heterocycles. The largest absolute Gasteiger partial charge is 0.429 e. The predicted molar refractivity (Wildman–Crippen MR) is 98.0 cm³/mol. The van der Waals surface area contributed by atoms with Gasteiger partial charge in [0.2, 0.25) is 0 Å². The van der Waals surface area contributed by atoms with Crippen LogP contribution in [0.1, 0.15) is 50.8 Å². The van der Waals surface area contributed by atoms with Crippen LogP contribution in [0.5, 0.6) is 0 Å². The lowest BCUT2D eigenvalue weighted by Crippen LogP contribution is -2.60. The smallest absolute Gasteiger partial charge is 0.397 e. The highest BCUT2D eigenvalue weighted by atomic mass is 35.6. The number of hydrogen-bond donors (Lipinski definition) is 0. The first-order valence-electron chi connectivity index (χ1n) is 7.99. The van der Waals surface area contributed by atoms with E-state index in [1.807, 2.05) is 43.1 Å². The van der Waals surface area contributed by atoms with E-state index in [1.54, 1.807) is 0 Å². The molecule has 5 nitrogen and oxygen atoms in total. The zero-order valence-corrected chi connectivity index (χ0v) is 16.6. The van der Waals surface area contributed by atoms with Gasteiger partial charge in [-0.1, -0.05) is 37.6 Å². The molecule has 0 fully saturated rings. The first kappa shape index (κ1) is 20.1. The summed E-state index contributed by atoms with van der Waals surface area (Å²) in [5, 5.41) is 12.8. The molecule has 136 valence electrons. The first-order chi connectivity index (χ1) is 11.6. The number of rotatable bonds is 3. The third-order valence-electron chi connectivity index (χ3n) is 4.30. The van der Waals surface area contributed by atoms with Gasteiger partial charge in [0.05, 0.1) is 11.6 Å². The van der Waals surface area contributed by atoms with Crippen LogP contribution in [-0.2, 0) is 10.3 Å². The molecule has 0 aliphatic carbocycles. The summed E-state index contributed by atoms with van der Waals surface area (Å²) in [6, 6.07) is 8.87. The summed E-state index contributed by atoms with van der Waals surface area (Å²) in [7, 11) is 0. The lowest BCUT2D eigenvalue weighted by atomic mass is 9.84. The average Bonchev–Trinajstić information content (AvgIpc) is 2.52. The third kappa shape index (κ3) is 4.15. The monoisotopic (exact) mass is 403 g/mol. The summed E-state index contributed by atoms with van der Waals surface area (Å²) in [5.74, 6) is 0. The van der Waals surface area contributed by atoms with E-state index < -0.39 is 21.7 Å². The SMILES string of the molecule is CCCCN1N(C(=O)OC(Cl)(Cl)Cl)C(C#N)c2ccccc2C1(C)C. The van der Waals surface area contributed by atoms with Gasteiger partial charge >= 0.3 is 10.1 Å². The van der Waals surface area contributed by atoms with Crippen molar-refractivity contribution in [3.63, 3.8) is 0 Å². The number of ether oxygens (including phenoxy) is 1. The fourth-order valence-electron chi connectivity index (χ4n) is 3.14. The second-order valence-electron chi connectivity index (χ2n) is 6.31. The van der Waals surface area contributed by atoms with E-state index in [0.29, 0.717) is 6.54 Å². The summed E-state index contributed by atoms with van der Waals surface area (Å²) in [6.45, 7) is 6.59. The van der Waals surface area contributed by atoms with Crippen molar-refractivity contribution in [1.29, 1.82) is 5.26 Å². The lowest BCUT2D eigenvalue weighted by Gasteiger charge is -2.51. The summed E-state index contributed by atoms with van der Waals surface area (Å²) in [6.07, 6.45) is 0.894. The maximum absolute atomic E-state index is 12.7. The molecule has 1 unspecified atom stereocenters. The fraction of sp³-hybridized carbons (Fsp3) is 0.529. The first-order valence-corrected chi connectivity index (χ1v) is 9.12. The minimum absolute atomic E-state index is 0.536. The minimum atomic E-state index is -2.20. The quantitative estimate of drug-likeness (QED) is 0.643. The van der Waals surface area contributed by atoms with Crippen LogP contribution in [0, 0.1) is 11.3 Å². The molecule has 8 heteroatoms. The van der Waals surface area contributed by atoms with Crippen molar-refractivity contribution in [2.24, 2.45) is 0 Å². The van der Waals surface area contributed by atoms with Crippen LogP contribution in [0.15, 0.2) is 24.3 Å². The van der Waals surface area contributed by atoms with Gasteiger partial charge in [-0.15, -0.1) is 0 Å². The number of amides is 1. The highest BCUT2D eigenvalue weighted by Crippen LogP contribution is 2.44. The van der Waals surface area contributed by atoms with Crippen molar-refractivity contribution in [3.8, 4) is 6.07 Å². The topological polar surface area (TPSA) is 56.6 Å². The Bertz CT molecular complexity index is 682. The van der Waals surface area contributed by atoms with Gasteiger partial charge in [-0.2, -0.15) is 5.26 Å². The van der Waals surface area contributed by atoms with E-state index >= 15 is 0 Å². The molecule has 0 saturated carbocycles. The van der Waals surface area contributed by atoms with Crippen molar-refractivity contribution in [2.75, 3.05) is 6.54 Å². The molecule has 0 radical (unpaired) electrons. The molecule has 1 heterocycles. The standard InChI is InChI=1S/C17H20Cl3N3O2/c1-4-5-10-22-16(2,3)13-9-7-6-8-12(13)14(11-21)23(22)15(24)25-17(18,19)20/h6-9,14H,4-5,10H2,1-3H3. The highest BCUT2D eigenvalue weighted by molar-refractivity contribution is 6.66. The van der Waals surface area contributed by atoms with Gasteiger partial charge < -0.3 is 4.74 Å². The summed E-state index contributed by atoms with van der Waals surface area (Å²) in [5.41, 5.74) is 1.19. The average molecular weight is 405 g/mol. The Morgan fingerprint density at radius 2 is 2.00 bits per heavy atom. The van der Waals surface area contributed by atoms with Crippen LogP contribution in [-0.4, -0.2) is 26.6 Å². The molecule has 1 aromatic rings. The Kier molecular flexibility index (Phi) is 6.11. The van der Waals surface area contributed by atoms with Crippen molar-refractivity contribution in [2.45, 2.75) is 49.2 Å². The van der Waals surface area contributed by atoms with E-state index in [1.165, 1.54) is 5.01 Å². The van der Waals surface area contributed by atoms with Gasteiger partial charge in [0.25, 0.3) is 0 Å². The number of hydrazine groups is 1. The lowest BCUT2D eigenvalue weighted by molar-refractivity contribution is -0.115. The highest BCUT2D eigenvalue weighted by Gasteiger charge is 2.48. The van der Waals surface area contributed by atoms with E-state index in [2.05, 4.69) is 13.0 Å². The number of alkyl halides is 3. The normalized spacial score (nSPS) is 19.9. The summed E-state index contributed by atoms with van der Waals surface area (Å²) in [4.78, 5) is 12.7. The maximum atomic E-state index is 12.7. The second-order valence-corrected chi connectivity index (χ2v) is 8.49. The third-order valence-corrected chi connectivity index (χ3v) is 4.53.